The zero-order valence-corrected chi connectivity index (χ0v) is 27.7. The fourth-order valence-electron chi connectivity index (χ4n) is 8.30. The van der Waals surface area contributed by atoms with E-state index in [1.54, 1.807) is 0 Å². The zero-order valence-electron chi connectivity index (χ0n) is 26.8. The molecule has 0 radical (unpaired) electrons. The molecule has 6 aromatic heterocycles. The lowest BCUT2D eigenvalue weighted by Crippen LogP contribution is -2.28. The smallest absolute Gasteiger partial charge is 0.295 e. The van der Waals surface area contributed by atoms with E-state index < -0.39 is 7.66 Å². The number of benzene rings is 5. The van der Waals surface area contributed by atoms with Crippen LogP contribution in [0, 0.1) is 6.92 Å². The predicted octanol–water partition coefficient (Wildman–Crippen LogP) is 9.90. The lowest BCUT2D eigenvalue weighted by Gasteiger charge is -2.14. The van der Waals surface area contributed by atoms with Gasteiger partial charge in [-0.25, -0.2) is 0 Å². The molecule has 0 saturated carbocycles. The number of pyridine rings is 2. The first-order valence-corrected chi connectivity index (χ1v) is 18.0. The molecular formula is C43H30N5P+2. The van der Waals surface area contributed by atoms with Gasteiger partial charge in [-0.15, -0.1) is 4.16 Å². The third kappa shape index (κ3) is 3.50. The van der Waals surface area contributed by atoms with Crippen LogP contribution in [-0.4, -0.2) is 13.7 Å². The van der Waals surface area contributed by atoms with E-state index in [1.165, 1.54) is 59.9 Å². The lowest BCUT2D eigenvalue weighted by molar-refractivity contribution is -0.512. The Morgan fingerprint density at radius 1 is 0.449 bits per heavy atom. The van der Waals surface area contributed by atoms with Crippen LogP contribution in [0.4, 0.5) is 0 Å². The van der Waals surface area contributed by atoms with Gasteiger partial charge in [0.1, 0.15) is 10.8 Å². The van der Waals surface area contributed by atoms with Crippen molar-refractivity contribution in [3.05, 3.63) is 170 Å². The fraction of sp³-hybridized carbons (Fsp3) is 0.0233. The Balaban J connectivity index is 1.57. The van der Waals surface area contributed by atoms with Crippen molar-refractivity contribution >= 4 is 67.7 Å². The summed E-state index contributed by atoms with van der Waals surface area (Å²) in [6.07, 6.45) is 4.56. The summed E-state index contributed by atoms with van der Waals surface area (Å²) in [5.74, 6) is 0. The van der Waals surface area contributed by atoms with Gasteiger partial charge in [0, 0.05) is 51.8 Å². The van der Waals surface area contributed by atoms with Gasteiger partial charge in [-0.1, -0.05) is 58.8 Å². The average Bonchev–Trinajstić information content (AvgIpc) is 3.79. The van der Waals surface area contributed by atoms with Crippen LogP contribution in [0.2, 0.25) is 0 Å². The monoisotopic (exact) mass is 647 g/mol. The van der Waals surface area contributed by atoms with Gasteiger partial charge < -0.3 is 0 Å². The first-order chi connectivity index (χ1) is 24.3. The molecule has 0 fully saturated rings. The molecule has 2 bridgehead atoms. The van der Waals surface area contributed by atoms with Crippen LogP contribution < -0.4 is 8.33 Å². The second-order valence-corrected chi connectivity index (χ2v) is 14.7. The third-order valence-electron chi connectivity index (χ3n) is 10.3. The summed E-state index contributed by atoms with van der Waals surface area (Å²) in [6.45, 7) is 2.32. The second kappa shape index (κ2) is 9.93. The van der Waals surface area contributed by atoms with Gasteiger partial charge in [0.2, 0.25) is 5.52 Å². The maximum Gasteiger partial charge on any atom is 0.450 e. The highest BCUT2D eigenvalue weighted by Gasteiger charge is 2.33. The molecule has 0 saturated heterocycles. The maximum atomic E-state index is 2.53. The molecule has 6 heterocycles. The minimum Gasteiger partial charge on any atom is -0.295 e. The normalized spacial score (nSPS) is 12.6. The largest absolute Gasteiger partial charge is 0.450 e. The van der Waals surface area contributed by atoms with Crippen LogP contribution in [0.15, 0.2) is 164 Å². The molecule has 6 heteroatoms. The van der Waals surface area contributed by atoms with Gasteiger partial charge in [-0.05, 0) is 85.3 Å². The molecule has 1 unspecified atom stereocenters. The summed E-state index contributed by atoms with van der Waals surface area (Å²) in [7, 11) is -1.06. The van der Waals surface area contributed by atoms with Gasteiger partial charge in [0.15, 0.2) is 12.4 Å². The van der Waals surface area contributed by atoms with Crippen molar-refractivity contribution in [1.82, 2.24) is 13.7 Å². The van der Waals surface area contributed by atoms with E-state index in [-0.39, 0.29) is 0 Å². The number of hydrogen-bond donors (Lipinski definition) is 0. The van der Waals surface area contributed by atoms with Crippen molar-refractivity contribution < 1.29 is 8.33 Å². The number of para-hydroxylation sites is 3. The van der Waals surface area contributed by atoms with Crippen LogP contribution in [0.5, 0.6) is 0 Å². The Kier molecular flexibility index (Phi) is 5.44. The molecule has 0 aliphatic heterocycles. The first kappa shape index (κ1) is 26.9. The summed E-state index contributed by atoms with van der Waals surface area (Å²) in [5.41, 5.74) is 11.9. The molecule has 5 aromatic carbocycles. The van der Waals surface area contributed by atoms with Gasteiger partial charge in [0.25, 0.3) is 5.65 Å². The minimum atomic E-state index is -1.06. The van der Waals surface area contributed by atoms with Crippen LogP contribution in [0.3, 0.4) is 0 Å². The van der Waals surface area contributed by atoms with Crippen molar-refractivity contribution in [1.29, 1.82) is 0 Å². The minimum absolute atomic E-state index is 1.06. The SMILES string of the molecule is Cc1c2c3c4c5ccc6c7cccc[n+]7p(c64)[n+]4ccccc4n(-c4ccccc4)c1ccc2n(-c1ccccc1)c3n5-c1ccccc1. The van der Waals surface area contributed by atoms with Crippen molar-refractivity contribution in [2.75, 3.05) is 0 Å². The summed E-state index contributed by atoms with van der Waals surface area (Å²) < 4.78 is 12.5. The van der Waals surface area contributed by atoms with Crippen LogP contribution >= 0.6 is 7.66 Å². The molecule has 230 valence electrons. The van der Waals surface area contributed by atoms with Crippen molar-refractivity contribution in [3.63, 3.8) is 0 Å². The molecule has 1 atom stereocenters. The highest BCUT2D eigenvalue weighted by atomic mass is 31.1. The molecule has 11 rings (SSSR count). The topological polar surface area (TPSA) is 23.0 Å². The van der Waals surface area contributed by atoms with Crippen molar-refractivity contribution in [3.8, 4) is 17.1 Å². The lowest BCUT2D eigenvalue weighted by atomic mass is 10.0. The van der Waals surface area contributed by atoms with Gasteiger partial charge in [-0.3, -0.25) is 13.7 Å². The van der Waals surface area contributed by atoms with E-state index in [0.717, 1.165) is 22.7 Å². The molecule has 5 nitrogen and oxygen atoms in total. The molecule has 11 aromatic rings. The predicted molar refractivity (Wildman–Crippen MR) is 201 cm³/mol. The van der Waals surface area contributed by atoms with Crippen molar-refractivity contribution in [2.45, 2.75) is 6.92 Å². The summed E-state index contributed by atoms with van der Waals surface area (Å²) >= 11 is 0. The fourth-order valence-corrected chi connectivity index (χ4v) is 10.9. The number of aryl methyl sites for hydroxylation is 1. The van der Waals surface area contributed by atoms with E-state index in [2.05, 4.69) is 193 Å². The van der Waals surface area contributed by atoms with Crippen LogP contribution in [0.1, 0.15) is 5.56 Å². The quantitative estimate of drug-likeness (QED) is 0.182. The molecule has 0 aliphatic rings. The summed E-state index contributed by atoms with van der Waals surface area (Å²) in [6, 6.07) is 55.2. The second-order valence-electron chi connectivity index (χ2n) is 12.8. The Hall–Kier alpha value is -6.16. The van der Waals surface area contributed by atoms with E-state index in [9.17, 15) is 0 Å². The zero-order chi connectivity index (χ0) is 32.2. The molecular weight excluding hydrogens is 617 g/mol. The number of hydrogen-bond acceptors (Lipinski definition) is 0. The Labute approximate surface area is 282 Å². The number of nitrogens with zero attached hydrogens (tertiary/aromatic N) is 5. The summed E-state index contributed by atoms with van der Waals surface area (Å²) in [4.78, 5) is 0. The Morgan fingerprint density at radius 3 is 1.65 bits per heavy atom. The molecule has 0 N–H and O–H groups in total. The van der Waals surface area contributed by atoms with Crippen LogP contribution in [-0.2, 0) is 0 Å². The van der Waals surface area contributed by atoms with E-state index in [1.807, 2.05) is 0 Å². The Morgan fingerprint density at radius 2 is 0.980 bits per heavy atom. The van der Waals surface area contributed by atoms with E-state index >= 15 is 0 Å². The first-order valence-electron chi connectivity index (χ1n) is 16.7. The summed E-state index contributed by atoms with van der Waals surface area (Å²) in [5, 5.41) is 6.63. The molecule has 0 aliphatic carbocycles. The van der Waals surface area contributed by atoms with E-state index in [0.29, 0.717) is 0 Å². The number of rotatable bonds is 3. The maximum absolute atomic E-state index is 2.53. The highest BCUT2D eigenvalue weighted by Crippen LogP contribution is 2.48. The van der Waals surface area contributed by atoms with E-state index in [4.69, 9.17) is 0 Å². The standard InChI is InChI=1S/C43H30N5P/c1-29-34-25-26-36-39(29)41-40-37(48(32-19-9-4-10-20-32)43(41)47(36)31-17-7-3-8-18-31)24-23-33-35-21-11-13-27-44(35)49(42(33)40)45-28-14-12-22-38(45)46(34)30-15-5-2-6-16-30/h2-28H,1H3/q+2. The van der Waals surface area contributed by atoms with Gasteiger partial charge in [0.05, 0.1) is 27.6 Å². The molecule has 0 amide bonds. The Bertz CT molecular complexity index is 3090. The molecule has 0 spiro atoms. The number of aromatic nitrogens is 5. The highest BCUT2D eigenvalue weighted by molar-refractivity contribution is 7.38. The van der Waals surface area contributed by atoms with Crippen molar-refractivity contribution in [2.24, 2.45) is 0 Å². The number of fused-ring (bicyclic) bond motifs is 6. The van der Waals surface area contributed by atoms with Crippen LogP contribution in [0.25, 0.3) is 77.1 Å². The average molecular weight is 648 g/mol. The van der Waals surface area contributed by atoms with Gasteiger partial charge >= 0.3 is 7.66 Å². The van der Waals surface area contributed by atoms with Gasteiger partial charge in [-0.2, -0.15) is 0 Å². The molecule has 49 heavy (non-hydrogen) atoms. The third-order valence-corrected chi connectivity index (χ3v) is 12.6.